The molecule has 2 N–H and O–H groups in total. The minimum Gasteiger partial charge on any atom is -0.438 e. The zero-order valence-corrected chi connectivity index (χ0v) is 22.3. The number of halogens is 3. The number of carbonyl (C=O) groups excluding carboxylic acids is 3. The third-order valence-corrected chi connectivity index (χ3v) is 6.80. The molecule has 1 saturated heterocycles. The lowest BCUT2D eigenvalue weighted by molar-refractivity contribution is -0.126. The van der Waals surface area contributed by atoms with E-state index >= 15 is 0 Å². The van der Waals surface area contributed by atoms with Gasteiger partial charge in [0.05, 0.1) is 12.1 Å². The Labute approximate surface area is 239 Å². The van der Waals surface area contributed by atoms with E-state index in [1.54, 1.807) is 66.7 Å². The molecule has 4 aromatic rings. The van der Waals surface area contributed by atoms with Gasteiger partial charge in [-0.1, -0.05) is 60.1 Å². The smallest absolute Gasteiger partial charge is 0.411 e. The number of benzene rings is 4. The summed E-state index contributed by atoms with van der Waals surface area (Å²) < 4.78 is 33.1. The Balaban J connectivity index is 1.41. The number of cyclic esters (lactones) is 1. The van der Waals surface area contributed by atoms with E-state index in [1.807, 2.05) is 0 Å². The van der Waals surface area contributed by atoms with Crippen LogP contribution in [0.1, 0.15) is 33.2 Å². The van der Waals surface area contributed by atoms with Crippen molar-refractivity contribution in [2.45, 2.75) is 25.2 Å². The lowest BCUT2D eigenvalue weighted by Gasteiger charge is -2.24. The Morgan fingerprint density at radius 3 is 2.39 bits per heavy atom. The van der Waals surface area contributed by atoms with E-state index in [-0.39, 0.29) is 18.7 Å². The molecule has 0 aliphatic carbocycles. The number of nitrogens with one attached hydrogen (secondary N) is 2. The number of amides is 3. The minimum absolute atomic E-state index is 0.0498. The Bertz CT molecular complexity index is 1600. The molecule has 1 heterocycles. The molecule has 2 unspecified atom stereocenters. The molecule has 2 atom stereocenters. The summed E-state index contributed by atoms with van der Waals surface area (Å²) in [6, 6.07) is 23.6. The second kappa shape index (κ2) is 12.2. The summed E-state index contributed by atoms with van der Waals surface area (Å²) in [7, 11) is 0. The SMILES string of the molecule is O=C(Nc1cccc(C2OC(=O)N(Cc3cccc(Cl)c3)C2C(=O)NCc2ccc(F)cc2)c1)c1ccccc1F. The van der Waals surface area contributed by atoms with Crippen LogP contribution in [0.15, 0.2) is 97.1 Å². The molecule has 41 heavy (non-hydrogen) atoms. The molecule has 0 aromatic heterocycles. The van der Waals surface area contributed by atoms with Crippen molar-refractivity contribution in [1.29, 1.82) is 0 Å². The molecule has 0 saturated carbocycles. The Kier molecular flexibility index (Phi) is 8.26. The van der Waals surface area contributed by atoms with Gasteiger partial charge in [0.15, 0.2) is 12.1 Å². The third kappa shape index (κ3) is 6.53. The molecule has 0 bridgehead atoms. The summed E-state index contributed by atoms with van der Waals surface area (Å²) in [5.74, 6) is -2.21. The number of carbonyl (C=O) groups is 3. The van der Waals surface area contributed by atoms with E-state index in [1.165, 1.54) is 35.2 Å². The highest BCUT2D eigenvalue weighted by Gasteiger charge is 2.47. The molecule has 3 amide bonds. The van der Waals surface area contributed by atoms with E-state index in [0.29, 0.717) is 27.4 Å². The van der Waals surface area contributed by atoms with Crippen LogP contribution in [0.25, 0.3) is 0 Å². The quantitative estimate of drug-likeness (QED) is 0.260. The summed E-state index contributed by atoms with van der Waals surface area (Å²) in [6.07, 6.45) is -1.74. The number of hydrogen-bond donors (Lipinski definition) is 2. The third-order valence-electron chi connectivity index (χ3n) is 6.57. The summed E-state index contributed by atoms with van der Waals surface area (Å²) >= 11 is 6.13. The first kappa shape index (κ1) is 27.8. The fourth-order valence-corrected chi connectivity index (χ4v) is 4.79. The van der Waals surface area contributed by atoms with Gasteiger partial charge in [-0.05, 0) is 65.2 Å². The van der Waals surface area contributed by atoms with Gasteiger partial charge >= 0.3 is 6.09 Å². The Morgan fingerprint density at radius 2 is 1.63 bits per heavy atom. The van der Waals surface area contributed by atoms with Gasteiger partial charge in [-0.25, -0.2) is 13.6 Å². The van der Waals surface area contributed by atoms with Crippen LogP contribution in [0, 0.1) is 11.6 Å². The van der Waals surface area contributed by atoms with E-state index < -0.39 is 41.7 Å². The molecule has 4 aromatic carbocycles. The lowest BCUT2D eigenvalue weighted by Crippen LogP contribution is -2.46. The van der Waals surface area contributed by atoms with Gasteiger partial charge in [0.1, 0.15) is 11.6 Å². The van der Waals surface area contributed by atoms with Crippen LogP contribution in [0.3, 0.4) is 0 Å². The number of hydrogen-bond acceptors (Lipinski definition) is 4. The average Bonchev–Trinajstić information content (AvgIpc) is 3.28. The summed E-state index contributed by atoms with van der Waals surface area (Å²) in [5.41, 5.74) is 2.00. The van der Waals surface area contributed by atoms with Crippen molar-refractivity contribution < 1.29 is 27.9 Å². The molecular weight excluding hydrogens is 552 g/mol. The van der Waals surface area contributed by atoms with Crippen LogP contribution in [-0.2, 0) is 22.6 Å². The Morgan fingerprint density at radius 1 is 0.878 bits per heavy atom. The first-order valence-corrected chi connectivity index (χ1v) is 13.1. The lowest BCUT2D eigenvalue weighted by atomic mass is 10.00. The molecule has 0 radical (unpaired) electrons. The van der Waals surface area contributed by atoms with Crippen molar-refractivity contribution in [3.63, 3.8) is 0 Å². The molecule has 208 valence electrons. The van der Waals surface area contributed by atoms with E-state index in [2.05, 4.69) is 10.6 Å². The largest absolute Gasteiger partial charge is 0.438 e. The van der Waals surface area contributed by atoms with Gasteiger partial charge in [-0.15, -0.1) is 0 Å². The fourth-order valence-electron chi connectivity index (χ4n) is 4.58. The Hall–Kier alpha value is -4.76. The van der Waals surface area contributed by atoms with Gasteiger partial charge in [0.25, 0.3) is 5.91 Å². The van der Waals surface area contributed by atoms with Crippen molar-refractivity contribution >= 4 is 35.2 Å². The van der Waals surface area contributed by atoms with Gasteiger partial charge in [0, 0.05) is 17.3 Å². The molecule has 1 aliphatic heterocycles. The summed E-state index contributed by atoms with van der Waals surface area (Å²) in [4.78, 5) is 40.6. The fraction of sp³-hybridized carbons (Fsp3) is 0.129. The monoisotopic (exact) mass is 575 g/mol. The van der Waals surface area contributed by atoms with Gasteiger partial charge in [-0.3, -0.25) is 14.5 Å². The number of nitrogens with zero attached hydrogens (tertiary/aromatic N) is 1. The molecule has 1 aliphatic rings. The number of ether oxygens (including phenoxy) is 1. The predicted octanol–water partition coefficient (Wildman–Crippen LogP) is 6.25. The predicted molar refractivity (Wildman–Crippen MR) is 149 cm³/mol. The van der Waals surface area contributed by atoms with Crippen molar-refractivity contribution in [3.8, 4) is 0 Å². The second-order valence-electron chi connectivity index (χ2n) is 9.41. The maximum atomic E-state index is 14.1. The topological polar surface area (TPSA) is 87.7 Å². The van der Waals surface area contributed by atoms with Gasteiger partial charge in [0.2, 0.25) is 5.91 Å². The van der Waals surface area contributed by atoms with Crippen LogP contribution in [0.4, 0.5) is 19.3 Å². The molecular formula is C31H24ClF2N3O4. The van der Waals surface area contributed by atoms with Gasteiger partial charge < -0.3 is 15.4 Å². The maximum Gasteiger partial charge on any atom is 0.411 e. The summed E-state index contributed by atoms with van der Waals surface area (Å²) in [6.45, 7) is 0.147. The molecule has 0 spiro atoms. The molecule has 7 nitrogen and oxygen atoms in total. The van der Waals surface area contributed by atoms with Crippen LogP contribution in [0.2, 0.25) is 5.02 Å². The maximum absolute atomic E-state index is 14.1. The number of rotatable bonds is 8. The molecule has 10 heteroatoms. The van der Waals surface area contributed by atoms with E-state index in [4.69, 9.17) is 16.3 Å². The standard InChI is InChI=1S/C31H24ClF2N3O4/c32-22-7-3-5-20(15-22)18-37-27(30(39)35-17-19-11-13-23(33)14-12-19)28(41-31(37)40)21-6-4-8-24(16-21)36-29(38)25-9-1-2-10-26(25)34/h1-16,27-28H,17-18H2,(H,35,39)(H,36,38). The van der Waals surface area contributed by atoms with Crippen LogP contribution >= 0.6 is 11.6 Å². The first-order chi connectivity index (χ1) is 19.8. The highest BCUT2D eigenvalue weighted by atomic mass is 35.5. The highest BCUT2D eigenvalue weighted by Crippen LogP contribution is 2.35. The minimum atomic E-state index is -1.08. The second-order valence-corrected chi connectivity index (χ2v) is 9.85. The zero-order valence-electron chi connectivity index (χ0n) is 21.5. The number of anilines is 1. The van der Waals surface area contributed by atoms with Crippen molar-refractivity contribution in [1.82, 2.24) is 10.2 Å². The van der Waals surface area contributed by atoms with Crippen molar-refractivity contribution in [2.24, 2.45) is 0 Å². The molecule has 1 fully saturated rings. The van der Waals surface area contributed by atoms with Crippen molar-refractivity contribution in [2.75, 3.05) is 5.32 Å². The normalized spacial score (nSPS) is 16.3. The molecule has 5 rings (SSSR count). The zero-order chi connectivity index (χ0) is 28.9. The first-order valence-electron chi connectivity index (χ1n) is 12.7. The van der Waals surface area contributed by atoms with Crippen molar-refractivity contribution in [3.05, 3.63) is 136 Å². The van der Waals surface area contributed by atoms with E-state index in [9.17, 15) is 23.2 Å². The summed E-state index contributed by atoms with van der Waals surface area (Å²) in [5, 5.41) is 5.93. The average molecular weight is 576 g/mol. The van der Waals surface area contributed by atoms with Crippen LogP contribution in [0.5, 0.6) is 0 Å². The van der Waals surface area contributed by atoms with Gasteiger partial charge in [-0.2, -0.15) is 0 Å². The van der Waals surface area contributed by atoms with Crippen LogP contribution in [-0.4, -0.2) is 28.8 Å². The highest BCUT2D eigenvalue weighted by molar-refractivity contribution is 6.30. The van der Waals surface area contributed by atoms with E-state index in [0.717, 1.165) is 0 Å². The van der Waals surface area contributed by atoms with Crippen LogP contribution < -0.4 is 10.6 Å².